The van der Waals surface area contributed by atoms with E-state index in [0.29, 0.717) is 6.61 Å². The molecule has 0 bridgehead atoms. The Morgan fingerprint density at radius 3 is 3.00 bits per heavy atom. The van der Waals surface area contributed by atoms with E-state index in [2.05, 4.69) is 11.6 Å². The van der Waals surface area contributed by atoms with Crippen LogP contribution in [-0.2, 0) is 9.53 Å². The van der Waals surface area contributed by atoms with Crippen LogP contribution in [-0.4, -0.2) is 41.0 Å². The zero-order chi connectivity index (χ0) is 9.26. The monoisotopic (exact) mass is 200 g/mol. The van der Waals surface area contributed by atoms with Gasteiger partial charge in [0, 0.05) is 19.3 Å². The van der Waals surface area contributed by atoms with Gasteiger partial charge in [0.25, 0.3) is 0 Å². The Balaban J connectivity index is 1.97. The molecular formula is C9H14NO2S+. The molecule has 1 fully saturated rings. The van der Waals surface area contributed by atoms with Crippen LogP contribution in [0.4, 0.5) is 0 Å². The Bertz CT molecular complexity index is 262. The molecule has 0 saturated carbocycles. The molecule has 0 aromatic heterocycles. The minimum absolute atomic E-state index is 0.0298. The second-order valence-electron chi connectivity index (χ2n) is 3.48. The van der Waals surface area contributed by atoms with Gasteiger partial charge in [0.2, 0.25) is 5.04 Å². The summed E-state index contributed by atoms with van der Waals surface area (Å²) in [6.45, 7) is 1.73. The summed E-state index contributed by atoms with van der Waals surface area (Å²) < 4.78 is 7.17. The van der Waals surface area contributed by atoms with Crippen LogP contribution >= 0.6 is 11.8 Å². The lowest BCUT2D eigenvalue weighted by atomic mass is 10.4. The molecule has 3 nitrogen and oxygen atoms in total. The fraction of sp³-hybridized carbons (Fsp3) is 0.778. The van der Waals surface area contributed by atoms with E-state index in [0.717, 1.165) is 19.4 Å². The molecule has 0 aliphatic carbocycles. The smallest absolute Gasteiger partial charge is 0.319 e. The van der Waals surface area contributed by atoms with Gasteiger partial charge in [-0.25, -0.2) is 4.58 Å². The van der Waals surface area contributed by atoms with Crippen molar-refractivity contribution in [3.8, 4) is 0 Å². The number of carbonyl (C=O) groups is 1. The second kappa shape index (κ2) is 3.70. The van der Waals surface area contributed by atoms with Gasteiger partial charge >= 0.3 is 5.97 Å². The normalized spacial score (nSPS) is 28.4. The van der Waals surface area contributed by atoms with E-state index in [1.807, 2.05) is 0 Å². The fourth-order valence-electron chi connectivity index (χ4n) is 1.68. The first-order valence-electron chi connectivity index (χ1n) is 4.67. The maximum absolute atomic E-state index is 11.2. The van der Waals surface area contributed by atoms with E-state index in [1.165, 1.54) is 11.5 Å². The highest BCUT2D eigenvalue weighted by molar-refractivity contribution is 8.14. The summed E-state index contributed by atoms with van der Waals surface area (Å²) in [5.41, 5.74) is 0. The number of rotatable bonds is 1. The highest BCUT2D eigenvalue weighted by atomic mass is 32.2. The van der Waals surface area contributed by atoms with Crippen molar-refractivity contribution in [1.29, 1.82) is 0 Å². The van der Waals surface area contributed by atoms with Gasteiger partial charge in [-0.05, 0) is 11.8 Å². The van der Waals surface area contributed by atoms with E-state index < -0.39 is 0 Å². The number of hydrogen-bond acceptors (Lipinski definition) is 3. The Hall–Kier alpha value is -0.510. The van der Waals surface area contributed by atoms with Gasteiger partial charge in [-0.2, -0.15) is 0 Å². The van der Waals surface area contributed by atoms with Crippen molar-refractivity contribution in [2.75, 3.05) is 20.2 Å². The van der Waals surface area contributed by atoms with Crippen LogP contribution in [0.3, 0.4) is 0 Å². The Kier molecular flexibility index (Phi) is 2.58. The van der Waals surface area contributed by atoms with E-state index in [1.54, 1.807) is 11.8 Å². The fourth-order valence-corrected chi connectivity index (χ4v) is 2.92. The van der Waals surface area contributed by atoms with Gasteiger partial charge < -0.3 is 4.74 Å². The lowest BCUT2D eigenvalue weighted by Crippen LogP contribution is -2.15. The molecule has 2 rings (SSSR count). The van der Waals surface area contributed by atoms with Gasteiger partial charge in [-0.15, -0.1) is 0 Å². The predicted molar refractivity (Wildman–Crippen MR) is 52.2 cm³/mol. The molecule has 13 heavy (non-hydrogen) atoms. The topological polar surface area (TPSA) is 29.3 Å². The average Bonchev–Trinajstić information content (AvgIpc) is 2.65. The largest absolute Gasteiger partial charge is 0.465 e. The molecule has 0 aromatic carbocycles. The van der Waals surface area contributed by atoms with Crippen molar-refractivity contribution in [3.05, 3.63) is 0 Å². The number of ether oxygens (including phenoxy) is 1. The van der Waals surface area contributed by atoms with Crippen LogP contribution in [0.2, 0.25) is 0 Å². The van der Waals surface area contributed by atoms with Gasteiger partial charge in [0.15, 0.2) is 0 Å². The van der Waals surface area contributed by atoms with Crippen molar-refractivity contribution in [2.24, 2.45) is 0 Å². The summed E-state index contributed by atoms with van der Waals surface area (Å²) in [5, 5.41) is 1.42. The van der Waals surface area contributed by atoms with E-state index >= 15 is 0 Å². The molecule has 1 unspecified atom stereocenters. The van der Waals surface area contributed by atoms with Gasteiger partial charge in [0.05, 0.1) is 6.61 Å². The van der Waals surface area contributed by atoms with E-state index in [4.69, 9.17) is 4.74 Å². The van der Waals surface area contributed by atoms with Gasteiger partial charge in [-0.3, -0.25) is 4.79 Å². The van der Waals surface area contributed by atoms with Crippen molar-refractivity contribution in [2.45, 2.75) is 24.5 Å². The summed E-state index contributed by atoms with van der Waals surface area (Å²) in [7, 11) is 2.09. The molecule has 0 radical (unpaired) electrons. The molecule has 4 heteroatoms. The van der Waals surface area contributed by atoms with Crippen LogP contribution in [0.15, 0.2) is 0 Å². The number of hydrogen-bond donors (Lipinski definition) is 0. The Morgan fingerprint density at radius 1 is 1.62 bits per heavy atom. The molecule has 0 amide bonds. The second-order valence-corrected chi connectivity index (χ2v) is 4.76. The number of carbonyl (C=O) groups excluding carboxylic acids is 1. The zero-order valence-corrected chi connectivity index (χ0v) is 8.60. The van der Waals surface area contributed by atoms with E-state index in [9.17, 15) is 4.79 Å². The first-order chi connectivity index (χ1) is 6.27. The number of thioether (sulfide) groups is 1. The van der Waals surface area contributed by atoms with Crippen molar-refractivity contribution >= 4 is 22.8 Å². The van der Waals surface area contributed by atoms with Crippen LogP contribution < -0.4 is 0 Å². The first-order valence-corrected chi connectivity index (χ1v) is 5.55. The van der Waals surface area contributed by atoms with Crippen LogP contribution in [0.1, 0.15) is 19.3 Å². The number of cyclic esters (lactones) is 1. The predicted octanol–water partition coefficient (Wildman–Crippen LogP) is 0.870. The summed E-state index contributed by atoms with van der Waals surface area (Å²) in [5.74, 6) is -0.0298. The van der Waals surface area contributed by atoms with Crippen molar-refractivity contribution in [1.82, 2.24) is 0 Å². The maximum atomic E-state index is 11.2. The Labute approximate surface area is 82.2 Å². The zero-order valence-electron chi connectivity index (χ0n) is 7.78. The molecule has 0 aromatic rings. The van der Waals surface area contributed by atoms with Gasteiger partial charge in [-0.1, -0.05) is 0 Å². The third-order valence-electron chi connectivity index (χ3n) is 2.48. The van der Waals surface area contributed by atoms with Crippen LogP contribution in [0.25, 0.3) is 0 Å². The molecule has 2 aliphatic rings. The molecule has 1 atom stereocenters. The maximum Gasteiger partial charge on any atom is 0.319 e. The minimum Gasteiger partial charge on any atom is -0.465 e. The quantitative estimate of drug-likeness (QED) is 0.464. The lowest BCUT2D eigenvalue weighted by Gasteiger charge is -2.01. The highest BCUT2D eigenvalue weighted by Crippen LogP contribution is 2.26. The van der Waals surface area contributed by atoms with Crippen molar-refractivity contribution in [3.63, 3.8) is 0 Å². The number of nitrogens with zero attached hydrogens (tertiary/aromatic N) is 1. The third kappa shape index (κ3) is 1.88. The first kappa shape index (κ1) is 9.06. The number of esters is 1. The molecule has 2 heterocycles. The average molecular weight is 200 g/mol. The SMILES string of the molecule is C[N+]1=C(SC2CCOC2=O)CCC1. The standard InChI is InChI=1S/C9H14NO2S/c1-10-5-2-3-8(10)13-7-4-6-12-9(7)11/h7H,2-6H2,1H3/q+1. The molecule has 2 aliphatic heterocycles. The summed E-state index contributed by atoms with van der Waals surface area (Å²) in [4.78, 5) is 11.2. The summed E-state index contributed by atoms with van der Waals surface area (Å²) >= 11 is 1.70. The van der Waals surface area contributed by atoms with Gasteiger partial charge in [0.1, 0.15) is 18.8 Å². The molecule has 72 valence electrons. The highest BCUT2D eigenvalue weighted by Gasteiger charge is 2.32. The molecule has 0 spiro atoms. The molecule has 1 saturated heterocycles. The van der Waals surface area contributed by atoms with E-state index in [-0.39, 0.29) is 11.2 Å². The third-order valence-corrected chi connectivity index (χ3v) is 3.98. The molecular weight excluding hydrogens is 186 g/mol. The van der Waals surface area contributed by atoms with Crippen molar-refractivity contribution < 1.29 is 14.1 Å². The summed E-state index contributed by atoms with van der Waals surface area (Å²) in [6.07, 6.45) is 3.23. The van der Waals surface area contributed by atoms with Crippen LogP contribution in [0, 0.1) is 0 Å². The van der Waals surface area contributed by atoms with Crippen LogP contribution in [0.5, 0.6) is 0 Å². The summed E-state index contributed by atoms with van der Waals surface area (Å²) in [6, 6.07) is 0. The Morgan fingerprint density at radius 2 is 2.46 bits per heavy atom. The minimum atomic E-state index is -0.0298. The molecule has 0 N–H and O–H groups in total. The lowest BCUT2D eigenvalue weighted by molar-refractivity contribution is -0.486.